The Morgan fingerprint density at radius 3 is 2.43 bits per heavy atom. The molecule has 0 spiro atoms. The molecular formula is C16H24ClFN2O. The van der Waals surface area contributed by atoms with E-state index in [2.05, 4.69) is 10.6 Å². The smallest absolute Gasteiger partial charge is 0.220 e. The van der Waals surface area contributed by atoms with E-state index in [0.29, 0.717) is 6.42 Å². The van der Waals surface area contributed by atoms with Crippen molar-refractivity contribution < 1.29 is 9.18 Å². The van der Waals surface area contributed by atoms with E-state index >= 15 is 0 Å². The van der Waals surface area contributed by atoms with Crippen molar-refractivity contribution in [3.05, 3.63) is 35.6 Å². The maximum absolute atomic E-state index is 13.1. The van der Waals surface area contributed by atoms with E-state index < -0.39 is 0 Å². The zero-order valence-corrected chi connectivity index (χ0v) is 13.3. The molecule has 0 saturated heterocycles. The van der Waals surface area contributed by atoms with Crippen LogP contribution in [0.15, 0.2) is 24.3 Å². The first-order chi connectivity index (χ1) is 9.66. The highest BCUT2D eigenvalue weighted by Gasteiger charge is 2.36. The second-order valence-electron chi connectivity index (χ2n) is 5.55. The van der Waals surface area contributed by atoms with Gasteiger partial charge >= 0.3 is 0 Å². The molecule has 5 heteroatoms. The Balaban J connectivity index is 0.00000220. The van der Waals surface area contributed by atoms with E-state index in [4.69, 9.17) is 0 Å². The molecule has 1 saturated carbocycles. The molecule has 0 atom stereocenters. The molecule has 2 N–H and O–H groups in total. The van der Waals surface area contributed by atoms with Gasteiger partial charge in [-0.05, 0) is 50.6 Å². The zero-order chi connectivity index (χ0) is 14.4. The van der Waals surface area contributed by atoms with Gasteiger partial charge in [-0.1, -0.05) is 25.0 Å². The Morgan fingerprint density at radius 2 is 1.86 bits per heavy atom. The fraction of sp³-hybridized carbons (Fsp3) is 0.562. The van der Waals surface area contributed by atoms with Crippen LogP contribution in [0, 0.1) is 5.82 Å². The summed E-state index contributed by atoms with van der Waals surface area (Å²) in [5, 5.41) is 6.24. The number of benzene rings is 1. The van der Waals surface area contributed by atoms with Crippen LogP contribution in [0.1, 0.15) is 44.1 Å². The fourth-order valence-corrected chi connectivity index (χ4v) is 2.99. The summed E-state index contributed by atoms with van der Waals surface area (Å²) in [6.45, 7) is 0.844. The van der Waals surface area contributed by atoms with E-state index in [0.717, 1.165) is 44.2 Å². The Kier molecular flexibility index (Phi) is 7.12. The number of nitrogens with one attached hydrogen (secondary N) is 2. The van der Waals surface area contributed by atoms with Crippen molar-refractivity contribution in [3.63, 3.8) is 0 Å². The largest absolute Gasteiger partial charge is 0.347 e. The van der Waals surface area contributed by atoms with Crippen LogP contribution in [0.2, 0.25) is 0 Å². The van der Waals surface area contributed by atoms with Gasteiger partial charge in [0.1, 0.15) is 5.82 Å². The van der Waals surface area contributed by atoms with Crippen LogP contribution in [0.5, 0.6) is 0 Å². The van der Waals surface area contributed by atoms with Gasteiger partial charge in [0.25, 0.3) is 0 Å². The molecule has 1 amide bonds. The van der Waals surface area contributed by atoms with Crippen LogP contribution in [0.25, 0.3) is 0 Å². The highest BCUT2D eigenvalue weighted by atomic mass is 35.5. The molecule has 3 nitrogen and oxygen atoms in total. The number of halogens is 2. The molecule has 0 aliphatic heterocycles. The van der Waals surface area contributed by atoms with Gasteiger partial charge in [0, 0.05) is 6.42 Å². The van der Waals surface area contributed by atoms with Crippen LogP contribution in [0.3, 0.4) is 0 Å². The van der Waals surface area contributed by atoms with Crippen molar-refractivity contribution in [1.82, 2.24) is 10.6 Å². The van der Waals surface area contributed by atoms with Crippen LogP contribution in [-0.4, -0.2) is 19.5 Å². The Bertz CT molecular complexity index is 444. The highest BCUT2D eigenvalue weighted by Crippen LogP contribution is 2.38. The second kappa shape index (κ2) is 8.35. The van der Waals surface area contributed by atoms with Crippen molar-refractivity contribution in [2.75, 3.05) is 13.6 Å². The van der Waals surface area contributed by atoms with E-state index in [1.54, 1.807) is 12.1 Å². The number of carbonyl (C=O) groups is 1. The van der Waals surface area contributed by atoms with E-state index in [1.807, 2.05) is 7.05 Å². The quantitative estimate of drug-likeness (QED) is 0.792. The average molecular weight is 315 g/mol. The highest BCUT2D eigenvalue weighted by molar-refractivity contribution is 5.85. The van der Waals surface area contributed by atoms with Crippen molar-refractivity contribution in [1.29, 1.82) is 0 Å². The second-order valence-corrected chi connectivity index (χ2v) is 5.55. The third-order valence-corrected chi connectivity index (χ3v) is 4.06. The fourth-order valence-electron chi connectivity index (χ4n) is 2.99. The Labute approximate surface area is 132 Å². The van der Waals surface area contributed by atoms with Gasteiger partial charge in [-0.25, -0.2) is 4.39 Å². The lowest BCUT2D eigenvalue weighted by atomic mass is 9.88. The molecule has 1 aromatic rings. The molecule has 1 aliphatic rings. The summed E-state index contributed by atoms with van der Waals surface area (Å²) in [6.07, 6.45) is 5.46. The minimum Gasteiger partial charge on any atom is -0.347 e. The van der Waals surface area contributed by atoms with Crippen molar-refractivity contribution in [3.8, 4) is 0 Å². The summed E-state index contributed by atoms with van der Waals surface area (Å²) < 4.78 is 13.1. The molecule has 0 heterocycles. The first-order valence-corrected chi connectivity index (χ1v) is 7.38. The summed E-state index contributed by atoms with van der Waals surface area (Å²) in [4.78, 5) is 12.1. The maximum atomic E-state index is 13.1. The molecule has 1 aromatic carbocycles. The zero-order valence-electron chi connectivity index (χ0n) is 12.5. The van der Waals surface area contributed by atoms with E-state index in [1.165, 1.54) is 12.1 Å². The summed E-state index contributed by atoms with van der Waals surface area (Å²) in [7, 11) is 1.88. The van der Waals surface area contributed by atoms with Gasteiger partial charge in [-0.15, -0.1) is 12.4 Å². The van der Waals surface area contributed by atoms with E-state index in [9.17, 15) is 9.18 Å². The summed E-state index contributed by atoms with van der Waals surface area (Å²) in [5.74, 6) is -0.145. The van der Waals surface area contributed by atoms with Crippen LogP contribution in [-0.2, 0) is 10.3 Å². The maximum Gasteiger partial charge on any atom is 0.220 e. The molecule has 118 valence electrons. The van der Waals surface area contributed by atoms with Crippen LogP contribution < -0.4 is 10.6 Å². The van der Waals surface area contributed by atoms with Crippen molar-refractivity contribution >= 4 is 18.3 Å². The third kappa shape index (κ3) is 4.68. The Morgan fingerprint density at radius 1 is 1.24 bits per heavy atom. The van der Waals surface area contributed by atoms with Crippen LogP contribution >= 0.6 is 12.4 Å². The van der Waals surface area contributed by atoms with Gasteiger partial charge in [-0.2, -0.15) is 0 Å². The van der Waals surface area contributed by atoms with Crippen molar-refractivity contribution in [2.24, 2.45) is 0 Å². The minimum absolute atomic E-state index is 0. The first kappa shape index (κ1) is 17.9. The molecule has 21 heavy (non-hydrogen) atoms. The lowest BCUT2D eigenvalue weighted by Gasteiger charge is -2.31. The third-order valence-electron chi connectivity index (χ3n) is 4.06. The lowest BCUT2D eigenvalue weighted by Crippen LogP contribution is -2.43. The molecule has 0 unspecified atom stereocenters. The molecule has 0 bridgehead atoms. The van der Waals surface area contributed by atoms with Gasteiger partial charge in [0.05, 0.1) is 5.54 Å². The van der Waals surface area contributed by atoms with Gasteiger partial charge < -0.3 is 10.6 Å². The van der Waals surface area contributed by atoms with Crippen LogP contribution in [0.4, 0.5) is 4.39 Å². The number of hydrogen-bond acceptors (Lipinski definition) is 2. The molecule has 1 fully saturated rings. The van der Waals surface area contributed by atoms with Gasteiger partial charge in [0.2, 0.25) is 5.91 Å². The number of amides is 1. The SMILES string of the molecule is CNCCCC(=O)NC1(c2ccc(F)cc2)CCCC1.Cl. The monoisotopic (exact) mass is 314 g/mol. The lowest BCUT2D eigenvalue weighted by molar-refractivity contribution is -0.123. The van der Waals surface area contributed by atoms with Crippen molar-refractivity contribution in [2.45, 2.75) is 44.1 Å². The molecular weight excluding hydrogens is 291 g/mol. The number of carbonyl (C=O) groups excluding carboxylic acids is 1. The van der Waals surface area contributed by atoms with E-state index in [-0.39, 0.29) is 29.7 Å². The predicted octanol–water partition coefficient (Wildman–Crippen LogP) is 3.13. The first-order valence-electron chi connectivity index (χ1n) is 7.38. The average Bonchev–Trinajstić information content (AvgIpc) is 2.89. The molecule has 2 rings (SSSR count). The standard InChI is InChI=1S/C16H23FN2O.ClH/c1-18-12-4-5-15(20)19-16(10-2-3-11-16)13-6-8-14(17)9-7-13;/h6-9,18H,2-5,10-12H2,1H3,(H,19,20);1H. The van der Waals surface area contributed by atoms with Gasteiger partial charge in [0.15, 0.2) is 0 Å². The summed E-state index contributed by atoms with van der Waals surface area (Å²) >= 11 is 0. The summed E-state index contributed by atoms with van der Waals surface area (Å²) in [6, 6.07) is 6.55. The molecule has 0 aromatic heterocycles. The topological polar surface area (TPSA) is 41.1 Å². The molecule has 1 aliphatic carbocycles. The number of hydrogen-bond donors (Lipinski definition) is 2. The Hall–Kier alpha value is -1.13. The minimum atomic E-state index is -0.287. The number of rotatable bonds is 6. The molecule has 0 radical (unpaired) electrons. The summed E-state index contributed by atoms with van der Waals surface area (Å²) in [5.41, 5.74) is 0.739. The predicted molar refractivity (Wildman–Crippen MR) is 85.1 cm³/mol. The van der Waals surface area contributed by atoms with Gasteiger partial charge in [-0.3, -0.25) is 4.79 Å². The normalized spacial score (nSPS) is 16.3.